The van der Waals surface area contributed by atoms with Crippen LogP contribution in [0.4, 0.5) is 5.69 Å². The van der Waals surface area contributed by atoms with Gasteiger partial charge in [0.1, 0.15) is 0 Å². The summed E-state index contributed by atoms with van der Waals surface area (Å²) >= 11 is 7.39. The highest BCUT2D eigenvalue weighted by Gasteiger charge is 2.17. The highest BCUT2D eigenvalue weighted by Crippen LogP contribution is 2.27. The smallest absolute Gasteiger partial charge is 0.243 e. The van der Waals surface area contributed by atoms with Gasteiger partial charge in [-0.25, -0.2) is 0 Å². The number of carbonyl (C=O) groups is 2. The molecule has 2 N–H and O–H groups in total. The van der Waals surface area contributed by atoms with Crippen LogP contribution in [-0.2, 0) is 9.59 Å². The van der Waals surface area contributed by atoms with E-state index in [0.29, 0.717) is 21.7 Å². The number of nitrogens with one attached hydrogen (secondary N) is 2. The minimum Gasteiger partial charge on any atom is -0.346 e. The van der Waals surface area contributed by atoms with Crippen LogP contribution in [0.2, 0.25) is 5.02 Å². The Morgan fingerprint density at radius 2 is 1.65 bits per heavy atom. The molecule has 0 aliphatic carbocycles. The largest absolute Gasteiger partial charge is 0.346 e. The Hall–Kier alpha value is -3.62. The molecular weight excluding hydrogens is 470 g/mol. The summed E-state index contributed by atoms with van der Waals surface area (Å²) in [6.45, 7) is 1.75. The molecule has 0 atom stereocenters. The third kappa shape index (κ3) is 5.84. The van der Waals surface area contributed by atoms with Crippen molar-refractivity contribution >= 4 is 40.9 Å². The number of hydrogen-bond acceptors (Lipinski definition) is 5. The summed E-state index contributed by atoms with van der Waals surface area (Å²) in [5.41, 5.74) is 3.31. The number of rotatable bonds is 8. The van der Waals surface area contributed by atoms with Crippen molar-refractivity contribution in [3.8, 4) is 17.1 Å². The van der Waals surface area contributed by atoms with Crippen LogP contribution < -0.4 is 10.6 Å². The van der Waals surface area contributed by atoms with E-state index in [-0.39, 0.29) is 24.1 Å². The summed E-state index contributed by atoms with van der Waals surface area (Å²) in [5.74, 6) is 0.115. The van der Waals surface area contributed by atoms with Gasteiger partial charge in [0, 0.05) is 11.3 Å². The Kier molecular flexibility index (Phi) is 7.61. The van der Waals surface area contributed by atoms with Crippen LogP contribution in [0.5, 0.6) is 0 Å². The van der Waals surface area contributed by atoms with Gasteiger partial charge in [-0.05, 0) is 36.8 Å². The Bertz CT molecular complexity index is 1300. The van der Waals surface area contributed by atoms with Gasteiger partial charge in [0.2, 0.25) is 11.8 Å². The number of nitrogens with zero attached hydrogens (tertiary/aromatic N) is 3. The molecule has 0 fully saturated rings. The second-order valence-corrected chi connectivity index (χ2v) is 8.79. The SMILES string of the molecule is Cc1ccc(NC(=O)CNC(=O)CSc2nnc(-c3ccccc3)n2-c2ccccc2)c(Cl)c1. The van der Waals surface area contributed by atoms with Crippen LogP contribution in [0.3, 0.4) is 0 Å². The number of amides is 2. The number of benzene rings is 3. The van der Waals surface area contributed by atoms with Crippen LogP contribution in [0.1, 0.15) is 5.56 Å². The molecule has 4 aromatic rings. The summed E-state index contributed by atoms with van der Waals surface area (Å²) in [6, 6.07) is 24.8. The summed E-state index contributed by atoms with van der Waals surface area (Å²) in [6.07, 6.45) is 0. The van der Waals surface area contributed by atoms with E-state index in [1.54, 1.807) is 12.1 Å². The van der Waals surface area contributed by atoms with E-state index in [0.717, 1.165) is 16.8 Å². The average Bonchev–Trinajstić information content (AvgIpc) is 3.28. The molecule has 0 aliphatic heterocycles. The fraction of sp³-hybridized carbons (Fsp3) is 0.120. The maximum absolute atomic E-state index is 12.4. The van der Waals surface area contributed by atoms with Gasteiger partial charge in [-0.15, -0.1) is 10.2 Å². The van der Waals surface area contributed by atoms with Crippen molar-refractivity contribution in [2.75, 3.05) is 17.6 Å². The monoisotopic (exact) mass is 491 g/mol. The first-order chi connectivity index (χ1) is 16.5. The number of halogens is 1. The molecule has 0 unspecified atom stereocenters. The maximum Gasteiger partial charge on any atom is 0.243 e. The number of para-hydroxylation sites is 1. The van der Waals surface area contributed by atoms with E-state index < -0.39 is 0 Å². The fourth-order valence-corrected chi connectivity index (χ4v) is 4.29. The number of hydrogen-bond donors (Lipinski definition) is 2. The van der Waals surface area contributed by atoms with E-state index in [2.05, 4.69) is 20.8 Å². The highest BCUT2D eigenvalue weighted by molar-refractivity contribution is 7.99. The molecule has 0 saturated carbocycles. The zero-order valence-corrected chi connectivity index (χ0v) is 19.9. The second kappa shape index (κ2) is 11.0. The Morgan fingerprint density at radius 3 is 2.35 bits per heavy atom. The van der Waals surface area contributed by atoms with Crippen molar-refractivity contribution in [3.63, 3.8) is 0 Å². The molecule has 34 heavy (non-hydrogen) atoms. The van der Waals surface area contributed by atoms with Crippen molar-refractivity contribution in [1.82, 2.24) is 20.1 Å². The molecule has 172 valence electrons. The topological polar surface area (TPSA) is 88.9 Å². The minimum atomic E-state index is -0.358. The summed E-state index contributed by atoms with van der Waals surface area (Å²) in [7, 11) is 0. The van der Waals surface area contributed by atoms with Crippen LogP contribution in [0.15, 0.2) is 84.0 Å². The van der Waals surface area contributed by atoms with Gasteiger partial charge in [-0.2, -0.15) is 0 Å². The van der Waals surface area contributed by atoms with Crippen molar-refractivity contribution in [2.45, 2.75) is 12.1 Å². The van der Waals surface area contributed by atoms with Crippen molar-refractivity contribution in [1.29, 1.82) is 0 Å². The van der Waals surface area contributed by atoms with E-state index in [9.17, 15) is 9.59 Å². The summed E-state index contributed by atoms with van der Waals surface area (Å²) in [4.78, 5) is 24.6. The first-order valence-electron chi connectivity index (χ1n) is 10.5. The lowest BCUT2D eigenvalue weighted by Gasteiger charge is -2.11. The van der Waals surface area contributed by atoms with E-state index in [4.69, 9.17) is 11.6 Å². The van der Waals surface area contributed by atoms with Gasteiger partial charge < -0.3 is 10.6 Å². The average molecular weight is 492 g/mol. The van der Waals surface area contributed by atoms with Gasteiger partial charge in [0.25, 0.3) is 0 Å². The Morgan fingerprint density at radius 1 is 0.941 bits per heavy atom. The maximum atomic E-state index is 12.4. The summed E-state index contributed by atoms with van der Waals surface area (Å²) < 4.78 is 1.92. The molecule has 0 spiro atoms. The Labute approximate surface area is 206 Å². The van der Waals surface area contributed by atoms with Crippen molar-refractivity contribution < 1.29 is 9.59 Å². The lowest BCUT2D eigenvalue weighted by atomic mass is 10.2. The molecule has 7 nitrogen and oxygen atoms in total. The van der Waals surface area contributed by atoms with Gasteiger partial charge in [0.05, 0.1) is 23.0 Å². The molecule has 1 aromatic heterocycles. The van der Waals surface area contributed by atoms with Crippen LogP contribution in [0.25, 0.3) is 17.1 Å². The van der Waals surface area contributed by atoms with E-state index in [1.165, 1.54) is 11.8 Å². The predicted octanol–water partition coefficient (Wildman–Crippen LogP) is 4.74. The molecular formula is C25H22ClN5O2S. The van der Waals surface area contributed by atoms with Gasteiger partial charge >= 0.3 is 0 Å². The van der Waals surface area contributed by atoms with E-state index in [1.807, 2.05) is 78.2 Å². The zero-order chi connectivity index (χ0) is 23.9. The first kappa shape index (κ1) is 23.5. The Balaban J connectivity index is 1.40. The van der Waals surface area contributed by atoms with Crippen LogP contribution >= 0.6 is 23.4 Å². The number of carbonyl (C=O) groups excluding carboxylic acids is 2. The molecule has 2 amide bonds. The third-order valence-corrected chi connectivity index (χ3v) is 6.10. The molecule has 0 radical (unpaired) electrons. The van der Waals surface area contributed by atoms with Crippen molar-refractivity contribution in [3.05, 3.63) is 89.4 Å². The number of thioether (sulfide) groups is 1. The van der Waals surface area contributed by atoms with Crippen LogP contribution in [0, 0.1) is 6.92 Å². The number of anilines is 1. The molecule has 1 heterocycles. The molecule has 0 bridgehead atoms. The lowest BCUT2D eigenvalue weighted by Crippen LogP contribution is -2.34. The van der Waals surface area contributed by atoms with Gasteiger partial charge in [-0.1, -0.05) is 78.0 Å². The lowest BCUT2D eigenvalue weighted by molar-refractivity contribution is -0.122. The normalized spacial score (nSPS) is 10.6. The molecule has 9 heteroatoms. The summed E-state index contributed by atoms with van der Waals surface area (Å²) in [5, 5.41) is 15.0. The third-order valence-electron chi connectivity index (χ3n) is 4.86. The molecule has 3 aromatic carbocycles. The minimum absolute atomic E-state index is 0.0817. The van der Waals surface area contributed by atoms with Crippen molar-refractivity contribution in [2.24, 2.45) is 0 Å². The van der Waals surface area contributed by atoms with E-state index >= 15 is 0 Å². The molecule has 4 rings (SSSR count). The standard InChI is InChI=1S/C25H22ClN5O2S/c1-17-12-13-21(20(26)14-17)28-22(32)15-27-23(33)16-34-25-30-29-24(18-8-4-2-5-9-18)31(25)19-10-6-3-7-11-19/h2-14H,15-16H2,1H3,(H,27,33)(H,28,32). The van der Waals surface area contributed by atoms with Gasteiger partial charge in [0.15, 0.2) is 11.0 Å². The predicted molar refractivity (Wildman–Crippen MR) is 135 cm³/mol. The quantitative estimate of drug-likeness (QED) is 0.347. The number of aromatic nitrogens is 3. The molecule has 0 aliphatic rings. The zero-order valence-electron chi connectivity index (χ0n) is 18.4. The van der Waals surface area contributed by atoms with Crippen LogP contribution in [-0.4, -0.2) is 38.9 Å². The molecule has 0 saturated heterocycles. The second-order valence-electron chi connectivity index (χ2n) is 7.44. The highest BCUT2D eigenvalue weighted by atomic mass is 35.5. The number of aryl methyl sites for hydroxylation is 1. The van der Waals surface area contributed by atoms with Gasteiger partial charge in [-0.3, -0.25) is 14.2 Å². The first-order valence-corrected chi connectivity index (χ1v) is 11.9. The fourth-order valence-electron chi connectivity index (χ4n) is 3.22.